The number of carboxylic acid groups (broad SMARTS) is 1. The topological polar surface area (TPSA) is 70.5 Å². The van der Waals surface area contributed by atoms with Crippen LogP contribution in [0.25, 0.3) is 0 Å². The van der Waals surface area contributed by atoms with Gasteiger partial charge in [0.05, 0.1) is 24.1 Å². The van der Waals surface area contributed by atoms with E-state index in [0.717, 1.165) is 5.69 Å². The van der Waals surface area contributed by atoms with Gasteiger partial charge in [0.25, 0.3) is 0 Å². The summed E-state index contributed by atoms with van der Waals surface area (Å²) >= 11 is 0. The molecule has 5 nitrogen and oxygen atoms in total. The average Bonchev–Trinajstić information content (AvgIpc) is 2.92. The fourth-order valence-electron chi connectivity index (χ4n) is 2.61. The molecule has 1 N–H and O–H groups in total. The fraction of sp³-hybridized carbons (Fsp3) is 0.500. The third kappa shape index (κ3) is 2.45. The maximum Gasteiger partial charge on any atom is 0.307 e. The van der Waals surface area contributed by atoms with Crippen molar-refractivity contribution in [2.24, 2.45) is 17.3 Å². The number of hydrogen-bond acceptors (Lipinski definition) is 3. The molecule has 0 aliphatic heterocycles. The number of aromatic nitrogens is 1. The molecule has 0 bridgehead atoms. The van der Waals surface area contributed by atoms with Crippen molar-refractivity contribution in [3.8, 4) is 0 Å². The lowest BCUT2D eigenvalue weighted by molar-refractivity contribution is -0.141. The van der Waals surface area contributed by atoms with Crippen LogP contribution in [0.15, 0.2) is 24.4 Å². The average molecular weight is 262 g/mol. The number of nitrogens with zero attached hydrogens (tertiary/aromatic N) is 2. The first-order valence-electron chi connectivity index (χ1n) is 6.23. The molecule has 1 fully saturated rings. The molecule has 2 atom stereocenters. The van der Waals surface area contributed by atoms with E-state index in [1.54, 1.807) is 18.1 Å². The van der Waals surface area contributed by atoms with Gasteiger partial charge < -0.3 is 10.0 Å². The second kappa shape index (κ2) is 4.64. The van der Waals surface area contributed by atoms with Crippen LogP contribution in [0.1, 0.15) is 19.5 Å². The molecule has 1 amide bonds. The summed E-state index contributed by atoms with van der Waals surface area (Å²) in [5.74, 6) is -2.03. The van der Waals surface area contributed by atoms with Crippen LogP contribution >= 0.6 is 0 Å². The number of carbonyl (C=O) groups excluding carboxylic acids is 1. The summed E-state index contributed by atoms with van der Waals surface area (Å²) in [6.07, 6.45) is 1.68. The summed E-state index contributed by atoms with van der Waals surface area (Å²) in [6.45, 7) is 4.05. The van der Waals surface area contributed by atoms with Gasteiger partial charge in [0.1, 0.15) is 0 Å². The molecule has 19 heavy (non-hydrogen) atoms. The zero-order valence-electron chi connectivity index (χ0n) is 11.3. The van der Waals surface area contributed by atoms with Gasteiger partial charge in [-0.3, -0.25) is 14.6 Å². The molecule has 5 heteroatoms. The predicted octanol–water partition coefficient (Wildman–Crippen LogP) is 1.40. The fourth-order valence-corrected chi connectivity index (χ4v) is 2.61. The first-order chi connectivity index (χ1) is 8.85. The van der Waals surface area contributed by atoms with Crippen molar-refractivity contribution < 1.29 is 14.7 Å². The standard InChI is InChI=1S/C14H18N2O3/c1-14(2)10(11(14)13(18)19)12(17)16(3)8-9-6-4-5-7-15-9/h4-7,10-11H,8H2,1-3H3,(H,18,19)/t10-,11+/m1/s1. The van der Waals surface area contributed by atoms with E-state index in [1.807, 2.05) is 32.0 Å². The van der Waals surface area contributed by atoms with E-state index in [0.29, 0.717) is 6.54 Å². The van der Waals surface area contributed by atoms with Gasteiger partial charge in [0.2, 0.25) is 5.91 Å². The van der Waals surface area contributed by atoms with Gasteiger partial charge in [-0.1, -0.05) is 19.9 Å². The Bertz CT molecular complexity index is 499. The Hall–Kier alpha value is -1.91. The van der Waals surface area contributed by atoms with E-state index >= 15 is 0 Å². The highest BCUT2D eigenvalue weighted by atomic mass is 16.4. The van der Waals surface area contributed by atoms with Crippen molar-refractivity contribution in [1.29, 1.82) is 0 Å². The van der Waals surface area contributed by atoms with Crippen LogP contribution in [-0.4, -0.2) is 33.9 Å². The number of rotatable bonds is 4. The summed E-state index contributed by atoms with van der Waals surface area (Å²) in [4.78, 5) is 29.1. The van der Waals surface area contributed by atoms with Gasteiger partial charge >= 0.3 is 5.97 Å². The molecule has 0 spiro atoms. The largest absolute Gasteiger partial charge is 0.481 e. The molecule has 1 aromatic rings. The molecule has 0 unspecified atom stereocenters. The molecular formula is C14H18N2O3. The Morgan fingerprint density at radius 1 is 1.37 bits per heavy atom. The van der Waals surface area contributed by atoms with Crippen molar-refractivity contribution in [1.82, 2.24) is 9.88 Å². The number of carbonyl (C=O) groups is 2. The number of hydrogen-bond donors (Lipinski definition) is 1. The number of amides is 1. The van der Waals surface area contributed by atoms with Crippen LogP contribution in [-0.2, 0) is 16.1 Å². The molecule has 1 saturated carbocycles. The lowest BCUT2D eigenvalue weighted by atomic mass is 10.1. The second-order valence-corrected chi connectivity index (χ2v) is 5.63. The SMILES string of the molecule is CN(Cc1ccccn1)C(=O)[C@H]1[C@@H](C(=O)O)C1(C)C. The van der Waals surface area contributed by atoms with E-state index in [1.165, 1.54) is 0 Å². The Morgan fingerprint density at radius 2 is 2.05 bits per heavy atom. The van der Waals surface area contributed by atoms with Crippen molar-refractivity contribution in [2.75, 3.05) is 7.05 Å². The summed E-state index contributed by atoms with van der Waals surface area (Å²) in [6, 6.07) is 5.52. The molecular weight excluding hydrogens is 244 g/mol. The molecule has 102 valence electrons. The minimum Gasteiger partial charge on any atom is -0.481 e. The minimum atomic E-state index is -0.894. The number of pyridine rings is 1. The zero-order chi connectivity index (χ0) is 14.2. The minimum absolute atomic E-state index is 0.122. The summed E-state index contributed by atoms with van der Waals surface area (Å²) in [5, 5.41) is 9.10. The molecule has 0 saturated heterocycles. The quantitative estimate of drug-likeness (QED) is 0.890. The summed E-state index contributed by atoms with van der Waals surface area (Å²) in [5.41, 5.74) is 0.338. The molecule has 1 heterocycles. The predicted molar refractivity (Wildman–Crippen MR) is 69.1 cm³/mol. The van der Waals surface area contributed by atoms with Crippen LogP contribution in [0.2, 0.25) is 0 Å². The first-order valence-corrected chi connectivity index (χ1v) is 6.23. The summed E-state index contributed by atoms with van der Waals surface area (Å²) in [7, 11) is 1.68. The molecule has 0 aromatic carbocycles. The number of carboxylic acids is 1. The van der Waals surface area contributed by atoms with Crippen LogP contribution in [0.3, 0.4) is 0 Å². The highest BCUT2D eigenvalue weighted by molar-refractivity contribution is 5.91. The smallest absolute Gasteiger partial charge is 0.307 e. The van der Waals surface area contributed by atoms with Gasteiger partial charge in [-0.15, -0.1) is 0 Å². The van der Waals surface area contributed by atoms with Crippen LogP contribution in [0, 0.1) is 17.3 Å². The maximum absolute atomic E-state index is 12.3. The van der Waals surface area contributed by atoms with Gasteiger partial charge in [0, 0.05) is 13.2 Å². The lowest BCUT2D eigenvalue weighted by Crippen LogP contribution is -2.29. The van der Waals surface area contributed by atoms with Crippen molar-refractivity contribution in [3.05, 3.63) is 30.1 Å². The summed E-state index contributed by atoms with van der Waals surface area (Å²) < 4.78 is 0. The molecule has 1 aromatic heterocycles. The third-order valence-corrected chi connectivity index (χ3v) is 3.86. The van der Waals surface area contributed by atoms with E-state index in [9.17, 15) is 9.59 Å². The van der Waals surface area contributed by atoms with E-state index in [-0.39, 0.29) is 5.91 Å². The van der Waals surface area contributed by atoms with Crippen molar-refractivity contribution in [2.45, 2.75) is 20.4 Å². The lowest BCUT2D eigenvalue weighted by Gasteiger charge is -2.17. The Morgan fingerprint density at radius 3 is 2.53 bits per heavy atom. The van der Waals surface area contributed by atoms with Crippen LogP contribution < -0.4 is 0 Å². The first kappa shape index (κ1) is 13.5. The van der Waals surface area contributed by atoms with E-state index in [4.69, 9.17) is 5.11 Å². The number of aliphatic carboxylic acids is 1. The van der Waals surface area contributed by atoms with Gasteiger partial charge in [0.15, 0.2) is 0 Å². The Kier molecular flexibility index (Phi) is 3.30. The van der Waals surface area contributed by atoms with Crippen LogP contribution in [0.5, 0.6) is 0 Å². The zero-order valence-corrected chi connectivity index (χ0v) is 11.3. The second-order valence-electron chi connectivity index (χ2n) is 5.63. The Labute approximate surface area is 112 Å². The van der Waals surface area contributed by atoms with Gasteiger partial charge in [-0.2, -0.15) is 0 Å². The van der Waals surface area contributed by atoms with Gasteiger partial charge in [-0.05, 0) is 17.5 Å². The third-order valence-electron chi connectivity index (χ3n) is 3.86. The normalized spacial score (nSPS) is 23.7. The van der Waals surface area contributed by atoms with Crippen molar-refractivity contribution >= 4 is 11.9 Å². The Balaban J connectivity index is 2.03. The molecule has 1 aliphatic rings. The maximum atomic E-state index is 12.3. The van der Waals surface area contributed by atoms with Crippen molar-refractivity contribution in [3.63, 3.8) is 0 Å². The highest BCUT2D eigenvalue weighted by Crippen LogP contribution is 2.58. The molecule has 0 radical (unpaired) electrons. The van der Waals surface area contributed by atoms with E-state index < -0.39 is 23.2 Å². The van der Waals surface area contributed by atoms with Gasteiger partial charge in [-0.25, -0.2) is 0 Å². The van der Waals surface area contributed by atoms with Crippen LogP contribution in [0.4, 0.5) is 0 Å². The monoisotopic (exact) mass is 262 g/mol. The molecule has 2 rings (SSSR count). The van der Waals surface area contributed by atoms with E-state index in [2.05, 4.69) is 4.98 Å². The molecule has 1 aliphatic carbocycles. The highest BCUT2D eigenvalue weighted by Gasteiger charge is 2.66.